The normalized spacial score (nSPS) is 58.6. The molecule has 3 rings (SSSR count). The average molecular weight is 182 g/mol. The zero-order valence-corrected chi connectivity index (χ0v) is 8.20. The van der Waals surface area contributed by atoms with Crippen LogP contribution in [0.2, 0.25) is 0 Å². The van der Waals surface area contributed by atoms with Gasteiger partial charge in [0.05, 0.1) is 12.7 Å². The van der Waals surface area contributed by atoms with Crippen LogP contribution in [0, 0.1) is 23.2 Å². The molecule has 0 aromatic carbocycles. The van der Waals surface area contributed by atoms with Crippen LogP contribution in [0.25, 0.3) is 0 Å². The summed E-state index contributed by atoms with van der Waals surface area (Å²) < 4.78 is 5.83. The summed E-state index contributed by atoms with van der Waals surface area (Å²) in [5, 5.41) is 9.39. The van der Waals surface area contributed by atoms with Crippen LogP contribution in [-0.2, 0) is 4.74 Å². The highest BCUT2D eigenvalue weighted by atomic mass is 16.5. The molecule has 2 saturated carbocycles. The molecule has 2 heteroatoms. The third kappa shape index (κ3) is 0.861. The summed E-state index contributed by atoms with van der Waals surface area (Å²) in [6, 6.07) is 0. The van der Waals surface area contributed by atoms with Crippen LogP contribution in [0.1, 0.15) is 26.2 Å². The Labute approximate surface area is 79.3 Å². The molecule has 0 unspecified atom stereocenters. The summed E-state index contributed by atoms with van der Waals surface area (Å²) in [5.74, 6) is 1.98. The molecule has 2 aliphatic carbocycles. The minimum atomic E-state index is 0.376. The molecule has 1 aliphatic heterocycles. The first-order valence-corrected chi connectivity index (χ1v) is 5.48. The molecule has 1 saturated heterocycles. The number of ether oxygens (including phenoxy) is 1. The van der Waals surface area contributed by atoms with Gasteiger partial charge in [0.15, 0.2) is 0 Å². The number of rotatable bonds is 1. The van der Waals surface area contributed by atoms with E-state index in [-0.39, 0.29) is 0 Å². The van der Waals surface area contributed by atoms with Gasteiger partial charge in [-0.1, -0.05) is 6.92 Å². The van der Waals surface area contributed by atoms with Crippen LogP contribution in [0.3, 0.4) is 0 Å². The topological polar surface area (TPSA) is 29.5 Å². The van der Waals surface area contributed by atoms with Gasteiger partial charge in [0, 0.05) is 6.61 Å². The van der Waals surface area contributed by atoms with Crippen molar-refractivity contribution in [3.63, 3.8) is 0 Å². The molecule has 3 aliphatic rings. The van der Waals surface area contributed by atoms with Gasteiger partial charge in [-0.3, -0.25) is 0 Å². The molecule has 0 radical (unpaired) electrons. The molecule has 0 spiro atoms. The van der Waals surface area contributed by atoms with Gasteiger partial charge in [0.25, 0.3) is 0 Å². The van der Waals surface area contributed by atoms with Crippen molar-refractivity contribution in [2.24, 2.45) is 23.2 Å². The van der Waals surface area contributed by atoms with Gasteiger partial charge >= 0.3 is 0 Å². The third-order valence-corrected chi connectivity index (χ3v) is 4.89. The fraction of sp³-hybridized carbons (Fsp3) is 1.00. The highest BCUT2D eigenvalue weighted by Gasteiger charge is 2.60. The van der Waals surface area contributed by atoms with Crippen molar-refractivity contribution in [2.45, 2.75) is 32.3 Å². The Morgan fingerprint density at radius 1 is 1.46 bits per heavy atom. The molecular weight excluding hydrogens is 164 g/mol. The Morgan fingerprint density at radius 2 is 2.31 bits per heavy atom. The first kappa shape index (κ1) is 8.25. The Balaban J connectivity index is 1.98. The summed E-state index contributed by atoms with van der Waals surface area (Å²) >= 11 is 0. The summed E-state index contributed by atoms with van der Waals surface area (Å²) in [6.45, 7) is 3.65. The Bertz CT molecular complexity index is 228. The Morgan fingerprint density at radius 3 is 3.08 bits per heavy atom. The van der Waals surface area contributed by atoms with Crippen molar-refractivity contribution in [3.8, 4) is 0 Å². The predicted octanol–water partition coefficient (Wildman–Crippen LogP) is 1.43. The van der Waals surface area contributed by atoms with Crippen LogP contribution in [-0.4, -0.2) is 24.4 Å². The first-order valence-electron chi connectivity index (χ1n) is 5.48. The Hall–Kier alpha value is -0.0800. The Kier molecular flexibility index (Phi) is 1.58. The van der Waals surface area contributed by atoms with Gasteiger partial charge in [-0.2, -0.15) is 0 Å². The van der Waals surface area contributed by atoms with E-state index in [1.807, 2.05) is 0 Å². The second kappa shape index (κ2) is 2.48. The van der Waals surface area contributed by atoms with Crippen molar-refractivity contribution in [1.82, 2.24) is 0 Å². The molecule has 2 bridgehead atoms. The van der Waals surface area contributed by atoms with Crippen molar-refractivity contribution in [3.05, 3.63) is 0 Å². The van der Waals surface area contributed by atoms with Crippen LogP contribution >= 0.6 is 0 Å². The largest absolute Gasteiger partial charge is 0.396 e. The van der Waals surface area contributed by atoms with Crippen LogP contribution in [0.5, 0.6) is 0 Å². The van der Waals surface area contributed by atoms with E-state index in [0.717, 1.165) is 12.5 Å². The molecule has 5 atom stereocenters. The lowest BCUT2D eigenvalue weighted by Crippen LogP contribution is -2.32. The van der Waals surface area contributed by atoms with Crippen LogP contribution in [0.15, 0.2) is 0 Å². The molecule has 0 aromatic heterocycles. The number of fused-ring (bicyclic) bond motifs is 1. The number of aliphatic hydroxyl groups excluding tert-OH is 1. The monoisotopic (exact) mass is 182 g/mol. The standard InChI is InChI=1S/C11H18O2/c1-11-4-7-2-3-10(11)13-6-9(11)8(7)5-12/h7-10,12H,2-6H2,1H3/t7-,8+,9-,10+,11+/m0/s1. The third-order valence-electron chi connectivity index (χ3n) is 4.89. The molecule has 0 aromatic rings. The van der Waals surface area contributed by atoms with E-state index in [2.05, 4.69) is 6.92 Å². The summed E-state index contributed by atoms with van der Waals surface area (Å²) in [7, 11) is 0. The van der Waals surface area contributed by atoms with E-state index >= 15 is 0 Å². The smallest absolute Gasteiger partial charge is 0.0632 e. The van der Waals surface area contributed by atoms with Crippen LogP contribution < -0.4 is 0 Å². The number of aliphatic hydroxyl groups is 1. The number of hydrogen-bond donors (Lipinski definition) is 1. The molecular formula is C11H18O2. The van der Waals surface area contributed by atoms with E-state index in [4.69, 9.17) is 4.74 Å². The molecule has 13 heavy (non-hydrogen) atoms. The highest BCUT2D eigenvalue weighted by Crippen LogP contribution is 2.61. The van der Waals surface area contributed by atoms with E-state index < -0.39 is 0 Å². The maximum absolute atomic E-state index is 9.39. The molecule has 2 nitrogen and oxygen atoms in total. The molecule has 1 heterocycles. The van der Waals surface area contributed by atoms with Gasteiger partial charge in [-0.05, 0) is 42.4 Å². The first-order chi connectivity index (χ1) is 6.25. The van der Waals surface area contributed by atoms with Gasteiger partial charge in [0.1, 0.15) is 0 Å². The minimum Gasteiger partial charge on any atom is -0.396 e. The van der Waals surface area contributed by atoms with Crippen LogP contribution in [0.4, 0.5) is 0 Å². The second-order valence-electron chi connectivity index (χ2n) is 5.32. The maximum atomic E-state index is 9.39. The van der Waals surface area contributed by atoms with Crippen molar-refractivity contribution < 1.29 is 9.84 Å². The second-order valence-corrected chi connectivity index (χ2v) is 5.32. The van der Waals surface area contributed by atoms with Crippen molar-refractivity contribution in [1.29, 1.82) is 0 Å². The highest BCUT2D eigenvalue weighted by molar-refractivity contribution is 5.08. The van der Waals surface area contributed by atoms with E-state index in [9.17, 15) is 5.11 Å². The van der Waals surface area contributed by atoms with E-state index in [1.165, 1.54) is 19.3 Å². The average Bonchev–Trinajstić information content (AvgIpc) is 2.50. The van der Waals surface area contributed by atoms with Gasteiger partial charge < -0.3 is 9.84 Å². The van der Waals surface area contributed by atoms with E-state index in [1.54, 1.807) is 0 Å². The SMILES string of the molecule is C[C@]12C[C@@H]3CC[C@H]1OC[C@H]2[C@@H]3CO. The summed E-state index contributed by atoms with van der Waals surface area (Å²) in [5.41, 5.74) is 0.413. The fourth-order valence-electron chi connectivity index (χ4n) is 4.15. The minimum absolute atomic E-state index is 0.376. The van der Waals surface area contributed by atoms with E-state index in [0.29, 0.717) is 30.0 Å². The zero-order chi connectivity index (χ0) is 9.05. The van der Waals surface area contributed by atoms with Gasteiger partial charge in [0.2, 0.25) is 0 Å². The number of hydrogen-bond acceptors (Lipinski definition) is 2. The summed E-state index contributed by atoms with van der Waals surface area (Å²) in [4.78, 5) is 0. The zero-order valence-electron chi connectivity index (χ0n) is 8.20. The quantitative estimate of drug-likeness (QED) is 0.664. The van der Waals surface area contributed by atoms with Gasteiger partial charge in [-0.25, -0.2) is 0 Å². The lowest BCUT2D eigenvalue weighted by Gasteiger charge is -2.33. The molecule has 74 valence electrons. The lowest BCUT2D eigenvalue weighted by atomic mass is 9.73. The predicted molar refractivity (Wildman–Crippen MR) is 49.3 cm³/mol. The molecule has 1 N–H and O–H groups in total. The van der Waals surface area contributed by atoms with Crippen molar-refractivity contribution >= 4 is 0 Å². The lowest BCUT2D eigenvalue weighted by molar-refractivity contribution is 0.00962. The fourth-order valence-corrected chi connectivity index (χ4v) is 4.15. The summed E-state index contributed by atoms with van der Waals surface area (Å²) in [6.07, 6.45) is 4.31. The van der Waals surface area contributed by atoms with Gasteiger partial charge in [-0.15, -0.1) is 0 Å². The molecule has 3 fully saturated rings. The molecule has 0 amide bonds. The van der Waals surface area contributed by atoms with Crippen molar-refractivity contribution in [2.75, 3.05) is 13.2 Å². The maximum Gasteiger partial charge on any atom is 0.0632 e.